The molecular formula is C26H39N3O2. The van der Waals surface area contributed by atoms with Crippen molar-refractivity contribution in [3.63, 3.8) is 0 Å². The van der Waals surface area contributed by atoms with Crippen LogP contribution < -0.4 is 0 Å². The third-order valence-electron chi connectivity index (χ3n) is 7.80. The van der Waals surface area contributed by atoms with E-state index in [4.69, 9.17) is 0 Å². The van der Waals surface area contributed by atoms with Gasteiger partial charge in [-0.3, -0.25) is 14.5 Å². The van der Waals surface area contributed by atoms with Crippen LogP contribution in [0.15, 0.2) is 24.3 Å². The quantitative estimate of drug-likeness (QED) is 0.720. The van der Waals surface area contributed by atoms with Gasteiger partial charge in [0.25, 0.3) is 5.91 Å². The molecule has 5 nitrogen and oxygen atoms in total. The van der Waals surface area contributed by atoms with Crippen molar-refractivity contribution in [1.82, 2.24) is 14.7 Å². The van der Waals surface area contributed by atoms with E-state index >= 15 is 0 Å². The lowest BCUT2D eigenvalue weighted by Crippen LogP contribution is -2.59. The van der Waals surface area contributed by atoms with Gasteiger partial charge in [0, 0.05) is 44.8 Å². The maximum absolute atomic E-state index is 13.6. The van der Waals surface area contributed by atoms with Crippen molar-refractivity contribution in [1.29, 1.82) is 0 Å². The number of rotatable bonds is 5. The van der Waals surface area contributed by atoms with Crippen LogP contribution in [-0.4, -0.2) is 71.8 Å². The molecule has 5 heteroatoms. The van der Waals surface area contributed by atoms with E-state index in [0.29, 0.717) is 24.9 Å². The molecule has 2 aliphatic heterocycles. The molecule has 0 aromatic heterocycles. The van der Waals surface area contributed by atoms with Crippen molar-refractivity contribution in [3.8, 4) is 0 Å². The highest BCUT2D eigenvalue weighted by Crippen LogP contribution is 2.33. The molecule has 1 saturated carbocycles. The van der Waals surface area contributed by atoms with Gasteiger partial charge in [-0.1, -0.05) is 38.8 Å². The third kappa shape index (κ3) is 5.14. The van der Waals surface area contributed by atoms with Gasteiger partial charge in [0.2, 0.25) is 5.91 Å². The minimum Gasteiger partial charge on any atom is -0.341 e. The van der Waals surface area contributed by atoms with Crippen LogP contribution in [0.1, 0.15) is 68.3 Å². The van der Waals surface area contributed by atoms with E-state index in [9.17, 15) is 9.59 Å². The SMILES string of the molecule is CCc1ccc(C(=O)N2CCN([C@@H](C(=O)N3CCC(C)CC3)C3CCCC3)CC2)cc1. The number of piperidine rings is 1. The Morgan fingerprint density at radius 2 is 1.48 bits per heavy atom. The van der Waals surface area contributed by atoms with E-state index in [-0.39, 0.29) is 11.9 Å². The van der Waals surface area contributed by atoms with E-state index in [2.05, 4.69) is 35.8 Å². The Kier molecular flexibility index (Phi) is 7.31. The molecule has 1 aliphatic carbocycles. The Balaban J connectivity index is 1.40. The van der Waals surface area contributed by atoms with E-state index < -0.39 is 0 Å². The molecule has 1 aromatic rings. The Bertz CT molecular complexity index is 740. The fourth-order valence-corrected chi connectivity index (χ4v) is 5.61. The van der Waals surface area contributed by atoms with E-state index in [1.807, 2.05) is 17.0 Å². The average Bonchev–Trinajstić information content (AvgIpc) is 3.34. The summed E-state index contributed by atoms with van der Waals surface area (Å²) in [5.74, 6) is 1.69. The van der Waals surface area contributed by atoms with Gasteiger partial charge in [0.05, 0.1) is 6.04 Å². The molecule has 170 valence electrons. The van der Waals surface area contributed by atoms with Crippen molar-refractivity contribution in [2.24, 2.45) is 11.8 Å². The number of piperazine rings is 1. The van der Waals surface area contributed by atoms with E-state index in [1.54, 1.807) is 0 Å². The molecular weight excluding hydrogens is 386 g/mol. The summed E-state index contributed by atoms with van der Waals surface area (Å²) in [7, 11) is 0. The van der Waals surface area contributed by atoms with Crippen LogP contribution in [0.5, 0.6) is 0 Å². The highest BCUT2D eigenvalue weighted by molar-refractivity contribution is 5.94. The second-order valence-electron chi connectivity index (χ2n) is 9.88. The Labute approximate surface area is 187 Å². The predicted molar refractivity (Wildman–Crippen MR) is 124 cm³/mol. The van der Waals surface area contributed by atoms with Crippen molar-refractivity contribution in [2.75, 3.05) is 39.3 Å². The fraction of sp³-hybridized carbons (Fsp3) is 0.692. The van der Waals surface area contributed by atoms with Gasteiger partial charge < -0.3 is 9.80 Å². The summed E-state index contributed by atoms with van der Waals surface area (Å²) < 4.78 is 0. The van der Waals surface area contributed by atoms with Gasteiger partial charge >= 0.3 is 0 Å². The van der Waals surface area contributed by atoms with Crippen molar-refractivity contribution in [2.45, 2.75) is 64.8 Å². The molecule has 2 amide bonds. The van der Waals surface area contributed by atoms with Gasteiger partial charge in [-0.2, -0.15) is 0 Å². The number of hydrogen-bond acceptors (Lipinski definition) is 3. The number of carbonyl (C=O) groups is 2. The fourth-order valence-electron chi connectivity index (χ4n) is 5.61. The molecule has 0 N–H and O–H groups in total. The molecule has 2 heterocycles. The normalized spacial score (nSPS) is 22.6. The number of benzene rings is 1. The zero-order valence-electron chi connectivity index (χ0n) is 19.4. The summed E-state index contributed by atoms with van der Waals surface area (Å²) in [5.41, 5.74) is 2.03. The van der Waals surface area contributed by atoms with Crippen LogP contribution in [0, 0.1) is 11.8 Å². The van der Waals surface area contributed by atoms with Crippen LogP contribution in [-0.2, 0) is 11.2 Å². The number of carbonyl (C=O) groups excluding carboxylic acids is 2. The maximum atomic E-state index is 13.6. The summed E-state index contributed by atoms with van der Waals surface area (Å²) in [6.07, 6.45) is 8.08. The number of likely N-dealkylation sites (tertiary alicyclic amines) is 1. The Morgan fingerprint density at radius 1 is 0.871 bits per heavy atom. The summed E-state index contributed by atoms with van der Waals surface area (Å²) >= 11 is 0. The first-order valence-corrected chi connectivity index (χ1v) is 12.5. The molecule has 1 atom stereocenters. The first-order valence-electron chi connectivity index (χ1n) is 12.5. The van der Waals surface area contributed by atoms with Gasteiger partial charge in [-0.05, 0) is 61.6 Å². The molecule has 3 fully saturated rings. The van der Waals surface area contributed by atoms with Crippen LogP contribution in [0.4, 0.5) is 0 Å². The van der Waals surface area contributed by atoms with Crippen molar-refractivity contribution in [3.05, 3.63) is 35.4 Å². The zero-order valence-corrected chi connectivity index (χ0v) is 19.4. The molecule has 0 radical (unpaired) electrons. The van der Waals surface area contributed by atoms with Crippen LogP contribution in [0.25, 0.3) is 0 Å². The topological polar surface area (TPSA) is 43.9 Å². The number of aryl methyl sites for hydroxylation is 1. The first kappa shape index (κ1) is 22.3. The van der Waals surface area contributed by atoms with Gasteiger partial charge in [0.15, 0.2) is 0 Å². The predicted octanol–water partition coefficient (Wildman–Crippen LogP) is 3.82. The first-order chi connectivity index (χ1) is 15.1. The monoisotopic (exact) mass is 425 g/mol. The molecule has 3 aliphatic rings. The lowest BCUT2D eigenvalue weighted by molar-refractivity contribution is -0.141. The highest BCUT2D eigenvalue weighted by Gasteiger charge is 2.39. The van der Waals surface area contributed by atoms with Crippen LogP contribution in [0.3, 0.4) is 0 Å². The molecule has 0 spiro atoms. The minimum absolute atomic E-state index is 0.0111. The van der Waals surface area contributed by atoms with Crippen LogP contribution >= 0.6 is 0 Å². The summed E-state index contributed by atoms with van der Waals surface area (Å²) in [4.78, 5) is 33.1. The summed E-state index contributed by atoms with van der Waals surface area (Å²) in [6, 6.07) is 8.03. The van der Waals surface area contributed by atoms with E-state index in [0.717, 1.165) is 56.9 Å². The number of nitrogens with zero attached hydrogens (tertiary/aromatic N) is 3. The Hall–Kier alpha value is -1.88. The summed E-state index contributed by atoms with van der Waals surface area (Å²) in [5, 5.41) is 0. The number of amides is 2. The smallest absolute Gasteiger partial charge is 0.253 e. The standard InChI is InChI=1S/C26H39N3O2/c1-3-21-8-10-23(11-9-21)25(30)29-18-16-27(17-19-29)24(22-6-4-5-7-22)26(31)28-14-12-20(2)13-15-28/h8-11,20,22,24H,3-7,12-19H2,1-2H3/t24-/m1/s1. The van der Waals surface area contributed by atoms with Gasteiger partial charge in [-0.15, -0.1) is 0 Å². The number of hydrogen-bond donors (Lipinski definition) is 0. The molecule has 1 aromatic carbocycles. The molecule has 31 heavy (non-hydrogen) atoms. The summed E-state index contributed by atoms with van der Waals surface area (Å²) in [6.45, 7) is 9.27. The maximum Gasteiger partial charge on any atom is 0.253 e. The molecule has 4 rings (SSSR count). The van der Waals surface area contributed by atoms with Crippen molar-refractivity contribution < 1.29 is 9.59 Å². The van der Waals surface area contributed by atoms with Gasteiger partial charge in [-0.25, -0.2) is 0 Å². The minimum atomic E-state index is 0.0111. The van der Waals surface area contributed by atoms with Crippen LogP contribution in [0.2, 0.25) is 0 Å². The second kappa shape index (κ2) is 10.2. The third-order valence-corrected chi connectivity index (χ3v) is 7.80. The van der Waals surface area contributed by atoms with Crippen molar-refractivity contribution >= 4 is 11.8 Å². The lowest BCUT2D eigenvalue weighted by Gasteiger charge is -2.43. The molecule has 0 unspecified atom stereocenters. The Morgan fingerprint density at radius 3 is 2.06 bits per heavy atom. The lowest BCUT2D eigenvalue weighted by atomic mass is 9.92. The molecule has 2 saturated heterocycles. The largest absolute Gasteiger partial charge is 0.341 e. The zero-order chi connectivity index (χ0) is 21.8. The average molecular weight is 426 g/mol. The van der Waals surface area contributed by atoms with Gasteiger partial charge in [0.1, 0.15) is 0 Å². The highest BCUT2D eigenvalue weighted by atomic mass is 16.2. The van der Waals surface area contributed by atoms with E-state index in [1.165, 1.54) is 31.2 Å². The second-order valence-corrected chi connectivity index (χ2v) is 9.88. The molecule has 0 bridgehead atoms.